The van der Waals surface area contributed by atoms with Crippen molar-refractivity contribution >= 4 is 5.71 Å². The van der Waals surface area contributed by atoms with E-state index < -0.39 is 0 Å². The second-order valence-electron chi connectivity index (χ2n) is 3.31. The Hall–Kier alpha value is -2.23. The first-order chi connectivity index (χ1) is 7.90. The third-order valence-corrected chi connectivity index (χ3v) is 2.19. The predicted molar refractivity (Wildman–Crippen MR) is 59.2 cm³/mol. The summed E-state index contributed by atoms with van der Waals surface area (Å²) < 4.78 is 1.92. The van der Waals surface area contributed by atoms with Gasteiger partial charge in [0.1, 0.15) is 0 Å². The van der Waals surface area contributed by atoms with E-state index in [-0.39, 0.29) is 0 Å². The van der Waals surface area contributed by atoms with Gasteiger partial charge >= 0.3 is 0 Å². The lowest BCUT2D eigenvalue weighted by Gasteiger charge is -1.99. The number of hydrogen-bond acceptors (Lipinski definition) is 3. The van der Waals surface area contributed by atoms with Crippen LogP contribution in [0.2, 0.25) is 0 Å². The van der Waals surface area contributed by atoms with Crippen molar-refractivity contribution in [2.45, 2.75) is 6.54 Å². The summed E-state index contributed by atoms with van der Waals surface area (Å²) in [5, 5.41) is 12.3. The molecule has 0 bridgehead atoms. The minimum absolute atomic E-state index is 0.494. The molecule has 0 unspecified atom stereocenters. The summed E-state index contributed by atoms with van der Waals surface area (Å²) in [5.41, 5.74) is 1.22. The summed E-state index contributed by atoms with van der Waals surface area (Å²) in [6.45, 7) is 0.494. The van der Waals surface area contributed by atoms with Gasteiger partial charge in [0.05, 0.1) is 5.69 Å². The molecule has 2 aromatic rings. The average molecular weight is 214 g/mol. The molecule has 4 heteroatoms. The van der Waals surface area contributed by atoms with Crippen molar-refractivity contribution in [2.24, 2.45) is 5.16 Å². The van der Waals surface area contributed by atoms with E-state index in [4.69, 9.17) is 5.21 Å². The molecule has 4 nitrogen and oxygen atoms in total. The number of nitrogens with zero attached hydrogens (tertiary/aromatic N) is 3. The van der Waals surface area contributed by atoms with Gasteiger partial charge in [0.25, 0.3) is 0 Å². The molecule has 80 valence electrons. The number of oxime groups is 1. The van der Waals surface area contributed by atoms with Crippen LogP contribution in [0, 0.1) is 0 Å². The average Bonchev–Trinajstić information content (AvgIpc) is 2.38. The Morgan fingerprint density at radius 3 is 2.62 bits per heavy atom. The van der Waals surface area contributed by atoms with Crippen LogP contribution in [0.4, 0.5) is 0 Å². The van der Waals surface area contributed by atoms with Crippen LogP contribution in [0.1, 0.15) is 5.69 Å². The maximum Gasteiger partial charge on any atom is 0.196 e. The van der Waals surface area contributed by atoms with E-state index in [0.29, 0.717) is 18.0 Å². The Kier molecular flexibility index (Phi) is 3.23. The zero-order valence-corrected chi connectivity index (χ0v) is 8.69. The summed E-state index contributed by atoms with van der Waals surface area (Å²) in [7, 11) is 0. The lowest BCUT2D eigenvalue weighted by atomic mass is 10.2. The molecule has 0 amide bonds. The SMILES string of the molecule is ON=C(C[n+]1ccccc1)c1ccccn1. The minimum Gasteiger partial charge on any atom is -0.410 e. The van der Waals surface area contributed by atoms with E-state index in [0.717, 1.165) is 0 Å². The van der Waals surface area contributed by atoms with E-state index in [1.54, 1.807) is 6.20 Å². The van der Waals surface area contributed by atoms with Gasteiger partial charge < -0.3 is 5.21 Å². The van der Waals surface area contributed by atoms with Gasteiger partial charge in [0.2, 0.25) is 0 Å². The molecule has 0 aromatic carbocycles. The zero-order valence-electron chi connectivity index (χ0n) is 8.69. The van der Waals surface area contributed by atoms with Crippen molar-refractivity contribution in [2.75, 3.05) is 0 Å². The van der Waals surface area contributed by atoms with Crippen molar-refractivity contribution in [1.29, 1.82) is 0 Å². The van der Waals surface area contributed by atoms with Gasteiger partial charge in [-0.2, -0.15) is 4.57 Å². The van der Waals surface area contributed by atoms with Crippen molar-refractivity contribution < 1.29 is 9.77 Å². The molecule has 0 radical (unpaired) electrons. The second-order valence-corrected chi connectivity index (χ2v) is 3.31. The summed E-state index contributed by atoms with van der Waals surface area (Å²) >= 11 is 0. The van der Waals surface area contributed by atoms with Crippen LogP contribution < -0.4 is 4.57 Å². The van der Waals surface area contributed by atoms with Crippen LogP contribution in [0.5, 0.6) is 0 Å². The molecule has 0 aliphatic rings. The molecule has 0 saturated carbocycles. The summed E-state index contributed by atoms with van der Waals surface area (Å²) in [6.07, 6.45) is 5.50. The van der Waals surface area contributed by atoms with Crippen LogP contribution in [0.3, 0.4) is 0 Å². The number of hydrogen-bond donors (Lipinski definition) is 1. The first-order valence-corrected chi connectivity index (χ1v) is 4.96. The Bertz CT molecular complexity index is 468. The van der Waals surface area contributed by atoms with Gasteiger partial charge in [-0.15, -0.1) is 0 Å². The quantitative estimate of drug-likeness (QED) is 0.362. The molecule has 0 atom stereocenters. The van der Waals surface area contributed by atoms with E-state index in [1.807, 2.05) is 53.4 Å². The highest BCUT2D eigenvalue weighted by Gasteiger charge is 2.10. The Morgan fingerprint density at radius 2 is 2.00 bits per heavy atom. The molecule has 0 aliphatic heterocycles. The van der Waals surface area contributed by atoms with Crippen LogP contribution in [0.25, 0.3) is 0 Å². The third-order valence-electron chi connectivity index (χ3n) is 2.19. The third kappa shape index (κ3) is 2.42. The molecule has 0 aliphatic carbocycles. The first kappa shape index (κ1) is 10.3. The number of aromatic nitrogens is 2. The standard InChI is InChI=1S/C12H11N3O/c16-14-12(11-6-2-3-7-13-11)10-15-8-4-1-5-9-15/h1-9H,10H2/p+1. The van der Waals surface area contributed by atoms with E-state index in [2.05, 4.69) is 10.1 Å². The second kappa shape index (κ2) is 5.02. The normalized spacial score (nSPS) is 11.4. The molecule has 2 aromatic heterocycles. The molecular weight excluding hydrogens is 202 g/mol. The maximum absolute atomic E-state index is 8.98. The van der Waals surface area contributed by atoms with Gasteiger partial charge in [-0.1, -0.05) is 17.3 Å². The summed E-state index contributed by atoms with van der Waals surface area (Å²) in [6, 6.07) is 11.3. The molecule has 1 N–H and O–H groups in total. The molecule has 16 heavy (non-hydrogen) atoms. The molecule has 0 saturated heterocycles. The van der Waals surface area contributed by atoms with E-state index in [1.165, 1.54) is 0 Å². The van der Waals surface area contributed by atoms with Crippen LogP contribution >= 0.6 is 0 Å². The summed E-state index contributed by atoms with van der Waals surface area (Å²) in [4.78, 5) is 4.14. The van der Waals surface area contributed by atoms with Crippen molar-refractivity contribution in [3.8, 4) is 0 Å². The van der Waals surface area contributed by atoms with Gasteiger partial charge in [0, 0.05) is 18.3 Å². The largest absolute Gasteiger partial charge is 0.410 e. The first-order valence-electron chi connectivity index (χ1n) is 4.96. The van der Waals surface area contributed by atoms with Gasteiger partial charge in [-0.05, 0) is 12.1 Å². The Balaban J connectivity index is 2.20. The Labute approximate surface area is 93.5 Å². The smallest absolute Gasteiger partial charge is 0.196 e. The van der Waals surface area contributed by atoms with Crippen LogP contribution in [0.15, 0.2) is 60.1 Å². The fourth-order valence-electron chi connectivity index (χ4n) is 1.41. The molecule has 0 fully saturated rings. The number of pyridine rings is 2. The predicted octanol–water partition coefficient (Wildman–Crippen LogP) is 1.25. The topological polar surface area (TPSA) is 49.4 Å². The van der Waals surface area contributed by atoms with Gasteiger partial charge in [0.15, 0.2) is 24.7 Å². The van der Waals surface area contributed by atoms with Gasteiger partial charge in [-0.3, -0.25) is 4.98 Å². The fourth-order valence-corrected chi connectivity index (χ4v) is 1.41. The fraction of sp³-hybridized carbons (Fsp3) is 0.0833. The lowest BCUT2D eigenvalue weighted by molar-refractivity contribution is -0.681. The highest BCUT2D eigenvalue weighted by Crippen LogP contribution is 1.96. The van der Waals surface area contributed by atoms with Crippen LogP contribution in [-0.2, 0) is 6.54 Å². The summed E-state index contributed by atoms with van der Waals surface area (Å²) in [5.74, 6) is 0. The van der Waals surface area contributed by atoms with Crippen LogP contribution in [-0.4, -0.2) is 15.9 Å². The van der Waals surface area contributed by atoms with E-state index >= 15 is 0 Å². The Morgan fingerprint density at radius 1 is 1.19 bits per heavy atom. The maximum atomic E-state index is 8.98. The molecule has 0 spiro atoms. The van der Waals surface area contributed by atoms with Crippen molar-refractivity contribution in [3.63, 3.8) is 0 Å². The van der Waals surface area contributed by atoms with E-state index in [9.17, 15) is 0 Å². The minimum atomic E-state index is 0.494. The molecule has 2 rings (SSSR count). The zero-order chi connectivity index (χ0) is 11.2. The van der Waals surface area contributed by atoms with Crippen molar-refractivity contribution in [3.05, 3.63) is 60.7 Å². The number of rotatable bonds is 3. The van der Waals surface area contributed by atoms with Gasteiger partial charge in [-0.25, -0.2) is 0 Å². The monoisotopic (exact) mass is 214 g/mol. The highest BCUT2D eigenvalue weighted by atomic mass is 16.4. The lowest BCUT2D eigenvalue weighted by Crippen LogP contribution is -2.37. The molecule has 2 heterocycles. The molecular formula is C12H12N3O+. The highest BCUT2D eigenvalue weighted by molar-refractivity contribution is 5.97. The van der Waals surface area contributed by atoms with Crippen molar-refractivity contribution in [1.82, 2.24) is 4.98 Å².